The molecule has 0 saturated heterocycles. The Kier molecular flexibility index (Phi) is 3.31. The molecule has 0 aliphatic heterocycles. The van der Waals surface area contributed by atoms with E-state index in [0.29, 0.717) is 0 Å². The highest BCUT2D eigenvalue weighted by molar-refractivity contribution is 6.33. The number of rotatable bonds is 2. The molecular weight excluding hydrogens is 261 g/mol. The average molecular weight is 270 g/mol. The number of nitrogens with one attached hydrogen (secondary N) is 1. The van der Waals surface area contributed by atoms with Gasteiger partial charge < -0.3 is 4.52 Å². The van der Waals surface area contributed by atoms with Crippen LogP contribution in [0.3, 0.4) is 0 Å². The van der Waals surface area contributed by atoms with Gasteiger partial charge >= 0.3 is 0 Å². The van der Waals surface area contributed by atoms with Gasteiger partial charge in [0.05, 0.1) is 10.6 Å². The molecular formula is C11H9ClFN3O2. The third-order valence-corrected chi connectivity index (χ3v) is 2.74. The zero-order chi connectivity index (χ0) is 13.3. The second kappa shape index (κ2) is 4.75. The lowest BCUT2D eigenvalue weighted by Crippen LogP contribution is -2.30. The van der Waals surface area contributed by atoms with Crippen LogP contribution in [0.2, 0.25) is 5.02 Å². The first-order valence-electron chi connectivity index (χ1n) is 4.98. The number of carbonyl (C=O) groups excluding carboxylic acids is 1. The summed E-state index contributed by atoms with van der Waals surface area (Å²) in [5.41, 5.74) is 2.05. The maximum atomic E-state index is 13.8. The Hall–Kier alpha value is -1.92. The number of benzene rings is 1. The molecule has 94 valence electrons. The van der Waals surface area contributed by atoms with E-state index in [1.54, 1.807) is 0 Å². The van der Waals surface area contributed by atoms with Crippen LogP contribution in [-0.4, -0.2) is 11.1 Å². The molecule has 0 fully saturated rings. The number of aryl methyl sites for hydroxylation is 1. The number of nitrogens with zero attached hydrogens (tertiary/aromatic N) is 1. The standard InChI is InChI=1S/C11H9ClFN3O2/c1-5-8(11(17)15-14)10(16-18-5)9-6(12)3-2-4-7(9)13/h2-4H,14H2,1H3,(H,15,17). The van der Waals surface area contributed by atoms with Gasteiger partial charge in [-0.05, 0) is 19.1 Å². The molecule has 1 amide bonds. The fraction of sp³-hybridized carbons (Fsp3) is 0.0909. The molecule has 0 saturated carbocycles. The molecule has 0 unspecified atom stereocenters. The number of halogens is 2. The van der Waals surface area contributed by atoms with Gasteiger partial charge in [-0.15, -0.1) is 0 Å². The molecule has 1 aromatic carbocycles. The summed E-state index contributed by atoms with van der Waals surface area (Å²) in [5, 5.41) is 3.79. The van der Waals surface area contributed by atoms with Gasteiger partial charge in [0.1, 0.15) is 22.8 Å². The molecule has 0 aliphatic carbocycles. The van der Waals surface area contributed by atoms with Gasteiger partial charge in [-0.1, -0.05) is 22.8 Å². The van der Waals surface area contributed by atoms with Gasteiger partial charge in [-0.3, -0.25) is 10.2 Å². The Balaban J connectivity index is 2.69. The van der Waals surface area contributed by atoms with Crippen LogP contribution in [0.1, 0.15) is 16.1 Å². The first-order chi connectivity index (χ1) is 8.56. The Bertz CT molecular complexity index is 592. The summed E-state index contributed by atoms with van der Waals surface area (Å²) in [5.74, 6) is 4.07. The molecule has 1 aromatic heterocycles. The maximum Gasteiger partial charge on any atom is 0.271 e. The smallest absolute Gasteiger partial charge is 0.271 e. The van der Waals surface area contributed by atoms with Crippen LogP contribution in [0.15, 0.2) is 22.7 Å². The number of amides is 1. The van der Waals surface area contributed by atoms with Gasteiger partial charge in [-0.2, -0.15) is 0 Å². The van der Waals surface area contributed by atoms with Gasteiger partial charge in [0.25, 0.3) is 5.91 Å². The summed E-state index contributed by atoms with van der Waals surface area (Å²) in [7, 11) is 0. The van der Waals surface area contributed by atoms with E-state index in [2.05, 4.69) is 5.16 Å². The maximum absolute atomic E-state index is 13.8. The first-order valence-corrected chi connectivity index (χ1v) is 5.35. The normalized spacial score (nSPS) is 10.4. The molecule has 1 heterocycles. The topological polar surface area (TPSA) is 81.2 Å². The van der Waals surface area contributed by atoms with Crippen molar-refractivity contribution in [2.45, 2.75) is 6.92 Å². The fourth-order valence-electron chi connectivity index (χ4n) is 1.61. The summed E-state index contributed by atoms with van der Waals surface area (Å²) in [6, 6.07) is 4.17. The van der Waals surface area contributed by atoms with Gasteiger partial charge in [0, 0.05) is 0 Å². The lowest BCUT2D eigenvalue weighted by Gasteiger charge is -2.04. The van der Waals surface area contributed by atoms with Crippen molar-refractivity contribution in [3.63, 3.8) is 0 Å². The number of hydrogen-bond acceptors (Lipinski definition) is 4. The first kappa shape index (κ1) is 12.5. The molecule has 3 N–H and O–H groups in total. The van der Waals surface area contributed by atoms with E-state index in [0.717, 1.165) is 0 Å². The quantitative estimate of drug-likeness (QED) is 0.497. The summed E-state index contributed by atoms with van der Waals surface area (Å²) in [6.07, 6.45) is 0. The van der Waals surface area contributed by atoms with E-state index < -0.39 is 11.7 Å². The summed E-state index contributed by atoms with van der Waals surface area (Å²) in [6.45, 7) is 1.52. The Morgan fingerprint density at radius 2 is 2.28 bits per heavy atom. The average Bonchev–Trinajstić information content (AvgIpc) is 2.70. The molecule has 0 atom stereocenters. The van der Waals surface area contributed by atoms with Crippen molar-refractivity contribution in [3.05, 3.63) is 40.4 Å². The lowest BCUT2D eigenvalue weighted by molar-refractivity contribution is 0.0952. The molecule has 0 bridgehead atoms. The van der Waals surface area contributed by atoms with Crippen LogP contribution in [0.4, 0.5) is 4.39 Å². The van der Waals surface area contributed by atoms with E-state index in [-0.39, 0.29) is 27.6 Å². The molecule has 0 radical (unpaired) electrons. The molecule has 18 heavy (non-hydrogen) atoms. The number of aromatic nitrogens is 1. The van der Waals surface area contributed by atoms with Crippen LogP contribution in [0, 0.1) is 12.7 Å². The second-order valence-electron chi connectivity index (χ2n) is 3.53. The monoisotopic (exact) mass is 269 g/mol. The predicted molar refractivity (Wildman–Crippen MR) is 63.3 cm³/mol. The van der Waals surface area contributed by atoms with Gasteiger partial charge in [-0.25, -0.2) is 10.2 Å². The highest BCUT2D eigenvalue weighted by Crippen LogP contribution is 2.33. The van der Waals surface area contributed by atoms with Crippen molar-refractivity contribution in [2.75, 3.05) is 0 Å². The molecule has 5 nitrogen and oxygen atoms in total. The molecule has 0 aliphatic rings. The summed E-state index contributed by atoms with van der Waals surface area (Å²) < 4.78 is 18.7. The second-order valence-corrected chi connectivity index (χ2v) is 3.94. The summed E-state index contributed by atoms with van der Waals surface area (Å²) >= 11 is 5.91. The lowest BCUT2D eigenvalue weighted by atomic mass is 10.1. The Labute approximate surface area is 107 Å². The van der Waals surface area contributed by atoms with Crippen LogP contribution >= 0.6 is 11.6 Å². The van der Waals surface area contributed by atoms with Crippen molar-refractivity contribution < 1.29 is 13.7 Å². The van der Waals surface area contributed by atoms with Crippen LogP contribution in [0.25, 0.3) is 11.3 Å². The van der Waals surface area contributed by atoms with Gasteiger partial charge in [0.15, 0.2) is 0 Å². The van der Waals surface area contributed by atoms with Crippen molar-refractivity contribution in [1.82, 2.24) is 10.6 Å². The Morgan fingerprint density at radius 1 is 1.56 bits per heavy atom. The molecule has 2 aromatic rings. The van der Waals surface area contributed by atoms with Crippen molar-refractivity contribution in [1.29, 1.82) is 0 Å². The number of hydrazine groups is 1. The number of carbonyl (C=O) groups is 1. The molecule has 7 heteroatoms. The third-order valence-electron chi connectivity index (χ3n) is 2.42. The SMILES string of the molecule is Cc1onc(-c2c(F)cccc2Cl)c1C(=O)NN. The molecule has 2 rings (SSSR count). The fourth-order valence-corrected chi connectivity index (χ4v) is 1.86. The number of nitrogens with two attached hydrogens (primary N) is 1. The van der Waals surface area contributed by atoms with E-state index in [1.807, 2.05) is 5.43 Å². The third kappa shape index (κ3) is 1.96. The van der Waals surface area contributed by atoms with Crippen LogP contribution in [-0.2, 0) is 0 Å². The highest BCUT2D eigenvalue weighted by atomic mass is 35.5. The zero-order valence-corrected chi connectivity index (χ0v) is 10.1. The van der Waals surface area contributed by atoms with E-state index in [1.165, 1.54) is 25.1 Å². The minimum atomic E-state index is -0.622. The summed E-state index contributed by atoms with van der Waals surface area (Å²) in [4.78, 5) is 11.6. The number of hydrogen-bond donors (Lipinski definition) is 2. The number of nitrogen functional groups attached to an aromatic ring is 1. The van der Waals surface area contributed by atoms with Crippen molar-refractivity contribution >= 4 is 17.5 Å². The molecule has 0 spiro atoms. The zero-order valence-electron chi connectivity index (χ0n) is 9.33. The largest absolute Gasteiger partial charge is 0.360 e. The van der Waals surface area contributed by atoms with E-state index in [9.17, 15) is 9.18 Å². The minimum Gasteiger partial charge on any atom is -0.360 e. The van der Waals surface area contributed by atoms with Crippen molar-refractivity contribution in [3.8, 4) is 11.3 Å². The van der Waals surface area contributed by atoms with Gasteiger partial charge in [0.2, 0.25) is 0 Å². The minimum absolute atomic E-state index is 0.00890. The predicted octanol–water partition coefficient (Wildman–Crippen LogP) is 2.05. The van der Waals surface area contributed by atoms with Crippen LogP contribution < -0.4 is 11.3 Å². The highest BCUT2D eigenvalue weighted by Gasteiger charge is 2.24. The van der Waals surface area contributed by atoms with E-state index >= 15 is 0 Å². The van der Waals surface area contributed by atoms with Crippen LogP contribution in [0.5, 0.6) is 0 Å². The Morgan fingerprint density at radius 3 is 2.89 bits per heavy atom. The van der Waals surface area contributed by atoms with E-state index in [4.69, 9.17) is 22.0 Å². The van der Waals surface area contributed by atoms with Crippen molar-refractivity contribution in [2.24, 2.45) is 5.84 Å².